The quantitative estimate of drug-likeness (QED) is 0.610. The number of hydrogen-bond donors (Lipinski definition) is 2. The molecule has 1 amide bonds. The molecule has 0 heterocycles. The van der Waals surface area contributed by atoms with Gasteiger partial charge < -0.3 is 15.8 Å². The highest BCUT2D eigenvalue weighted by Gasteiger charge is 2.24. The predicted molar refractivity (Wildman–Crippen MR) is 78.0 cm³/mol. The van der Waals surface area contributed by atoms with E-state index < -0.39 is 12.0 Å². The normalized spacial score (nSPS) is 12.0. The third-order valence-corrected chi connectivity index (χ3v) is 3.06. The maximum atomic E-state index is 11.9. The Balaban J connectivity index is 2.49. The molecule has 0 bridgehead atoms. The van der Waals surface area contributed by atoms with Crippen molar-refractivity contribution in [2.75, 3.05) is 12.8 Å². The van der Waals surface area contributed by atoms with Gasteiger partial charge in [-0.25, -0.2) is 4.79 Å². The van der Waals surface area contributed by atoms with Gasteiger partial charge in [0.2, 0.25) is 5.91 Å². The summed E-state index contributed by atoms with van der Waals surface area (Å²) in [5, 5.41) is 2.71. The average molecular weight is 278 g/mol. The van der Waals surface area contributed by atoms with Crippen LogP contribution in [0, 0.1) is 5.92 Å². The second kappa shape index (κ2) is 7.53. The number of methoxy groups -OCH3 is 1. The highest BCUT2D eigenvalue weighted by molar-refractivity contribution is 5.84. The molecular weight excluding hydrogens is 256 g/mol. The molecule has 5 nitrogen and oxygen atoms in total. The van der Waals surface area contributed by atoms with Crippen LogP contribution in [-0.4, -0.2) is 25.0 Å². The summed E-state index contributed by atoms with van der Waals surface area (Å²) in [6.45, 7) is 3.73. The Hall–Kier alpha value is -2.04. The van der Waals surface area contributed by atoms with Crippen LogP contribution >= 0.6 is 0 Å². The van der Waals surface area contributed by atoms with Gasteiger partial charge in [-0.1, -0.05) is 26.0 Å². The number of nitrogens with one attached hydrogen (secondary N) is 1. The number of hydrogen-bond acceptors (Lipinski definition) is 4. The number of anilines is 1. The number of carbonyl (C=O) groups is 2. The Morgan fingerprint density at radius 2 is 1.85 bits per heavy atom. The van der Waals surface area contributed by atoms with E-state index in [9.17, 15) is 9.59 Å². The molecule has 0 aliphatic carbocycles. The van der Waals surface area contributed by atoms with Crippen molar-refractivity contribution < 1.29 is 14.3 Å². The number of carbonyl (C=O) groups excluding carboxylic acids is 2. The SMILES string of the molecule is COC(=O)C(NC(=O)CCc1ccc(N)cc1)C(C)C. The van der Waals surface area contributed by atoms with Crippen molar-refractivity contribution in [2.24, 2.45) is 5.92 Å². The molecule has 0 saturated carbocycles. The Labute approximate surface area is 119 Å². The van der Waals surface area contributed by atoms with Crippen LogP contribution in [0.5, 0.6) is 0 Å². The minimum Gasteiger partial charge on any atom is -0.467 e. The Kier molecular flexibility index (Phi) is 6.03. The number of nitrogen functional groups attached to an aromatic ring is 1. The molecule has 0 saturated heterocycles. The van der Waals surface area contributed by atoms with Crippen LogP contribution in [0.2, 0.25) is 0 Å². The number of benzene rings is 1. The van der Waals surface area contributed by atoms with Gasteiger partial charge in [0.1, 0.15) is 6.04 Å². The lowest BCUT2D eigenvalue weighted by molar-refractivity contribution is -0.146. The molecule has 5 heteroatoms. The van der Waals surface area contributed by atoms with Crippen LogP contribution in [0.25, 0.3) is 0 Å². The van der Waals surface area contributed by atoms with Gasteiger partial charge in [-0.3, -0.25) is 4.79 Å². The van der Waals surface area contributed by atoms with E-state index in [1.54, 1.807) is 12.1 Å². The van der Waals surface area contributed by atoms with Gasteiger partial charge in [0, 0.05) is 12.1 Å². The van der Waals surface area contributed by atoms with Crippen LogP contribution < -0.4 is 11.1 Å². The van der Waals surface area contributed by atoms with E-state index in [1.807, 2.05) is 26.0 Å². The Bertz CT molecular complexity index is 455. The number of esters is 1. The van der Waals surface area contributed by atoms with E-state index in [-0.39, 0.29) is 11.8 Å². The molecule has 110 valence electrons. The molecule has 3 N–H and O–H groups in total. The maximum absolute atomic E-state index is 11.9. The van der Waals surface area contributed by atoms with Crippen LogP contribution in [0.3, 0.4) is 0 Å². The molecule has 1 unspecified atom stereocenters. The molecule has 0 aromatic heterocycles. The fraction of sp³-hybridized carbons (Fsp3) is 0.467. The third-order valence-electron chi connectivity index (χ3n) is 3.06. The average Bonchev–Trinajstić information content (AvgIpc) is 2.43. The van der Waals surface area contributed by atoms with E-state index in [4.69, 9.17) is 5.73 Å². The van der Waals surface area contributed by atoms with Gasteiger partial charge in [-0.15, -0.1) is 0 Å². The lowest BCUT2D eigenvalue weighted by Crippen LogP contribution is -2.45. The smallest absolute Gasteiger partial charge is 0.328 e. The van der Waals surface area contributed by atoms with E-state index >= 15 is 0 Å². The van der Waals surface area contributed by atoms with Crippen molar-refractivity contribution in [1.29, 1.82) is 0 Å². The molecule has 1 aromatic carbocycles. The lowest BCUT2D eigenvalue weighted by Gasteiger charge is -2.19. The first-order valence-electron chi connectivity index (χ1n) is 6.65. The molecule has 20 heavy (non-hydrogen) atoms. The molecule has 1 atom stereocenters. The molecular formula is C15H22N2O3. The van der Waals surface area contributed by atoms with E-state index in [0.29, 0.717) is 18.5 Å². The maximum Gasteiger partial charge on any atom is 0.328 e. The fourth-order valence-electron chi connectivity index (χ4n) is 1.81. The zero-order valence-electron chi connectivity index (χ0n) is 12.2. The van der Waals surface area contributed by atoms with Gasteiger partial charge in [-0.2, -0.15) is 0 Å². The summed E-state index contributed by atoms with van der Waals surface area (Å²) in [7, 11) is 1.32. The van der Waals surface area contributed by atoms with Crippen LogP contribution in [-0.2, 0) is 20.7 Å². The molecule has 1 aromatic rings. The summed E-state index contributed by atoms with van der Waals surface area (Å²) in [6.07, 6.45) is 0.933. The van der Waals surface area contributed by atoms with Crippen molar-refractivity contribution in [3.05, 3.63) is 29.8 Å². The molecule has 1 rings (SSSR count). The van der Waals surface area contributed by atoms with Crippen LogP contribution in [0.1, 0.15) is 25.8 Å². The Morgan fingerprint density at radius 3 is 2.35 bits per heavy atom. The van der Waals surface area contributed by atoms with Gasteiger partial charge in [0.05, 0.1) is 7.11 Å². The fourth-order valence-corrected chi connectivity index (χ4v) is 1.81. The molecule has 0 aliphatic rings. The van der Waals surface area contributed by atoms with Crippen molar-refractivity contribution >= 4 is 17.6 Å². The molecule has 0 spiro atoms. The summed E-state index contributed by atoms with van der Waals surface area (Å²) in [5.74, 6) is -0.588. The molecule has 0 radical (unpaired) electrons. The third kappa shape index (κ3) is 4.91. The zero-order chi connectivity index (χ0) is 15.1. The van der Waals surface area contributed by atoms with Crippen LogP contribution in [0.15, 0.2) is 24.3 Å². The van der Waals surface area contributed by atoms with E-state index in [2.05, 4.69) is 10.1 Å². The first-order valence-corrected chi connectivity index (χ1v) is 6.65. The molecule has 0 fully saturated rings. The Morgan fingerprint density at radius 1 is 1.25 bits per heavy atom. The number of nitrogens with two attached hydrogens (primary N) is 1. The topological polar surface area (TPSA) is 81.4 Å². The minimum atomic E-state index is -0.598. The summed E-state index contributed by atoms with van der Waals surface area (Å²) < 4.78 is 4.68. The van der Waals surface area contributed by atoms with Crippen molar-refractivity contribution in [3.63, 3.8) is 0 Å². The number of aryl methyl sites for hydroxylation is 1. The van der Waals surface area contributed by atoms with E-state index in [0.717, 1.165) is 5.56 Å². The van der Waals surface area contributed by atoms with Crippen molar-refractivity contribution in [1.82, 2.24) is 5.32 Å². The first-order chi connectivity index (χ1) is 9.43. The van der Waals surface area contributed by atoms with Gasteiger partial charge >= 0.3 is 5.97 Å². The minimum absolute atomic E-state index is 0.0112. The van der Waals surface area contributed by atoms with E-state index in [1.165, 1.54) is 7.11 Å². The second-order valence-corrected chi connectivity index (χ2v) is 5.05. The monoisotopic (exact) mass is 278 g/mol. The van der Waals surface area contributed by atoms with Crippen LogP contribution in [0.4, 0.5) is 5.69 Å². The van der Waals surface area contributed by atoms with Crippen molar-refractivity contribution in [2.45, 2.75) is 32.7 Å². The lowest BCUT2D eigenvalue weighted by atomic mass is 10.0. The summed E-state index contributed by atoms with van der Waals surface area (Å²) in [6, 6.07) is 6.79. The number of rotatable bonds is 6. The summed E-state index contributed by atoms with van der Waals surface area (Å²) in [5.41, 5.74) is 7.33. The highest BCUT2D eigenvalue weighted by atomic mass is 16.5. The zero-order valence-corrected chi connectivity index (χ0v) is 12.2. The second-order valence-electron chi connectivity index (χ2n) is 5.05. The number of ether oxygens (including phenoxy) is 1. The van der Waals surface area contributed by atoms with Gasteiger partial charge in [0.25, 0.3) is 0 Å². The van der Waals surface area contributed by atoms with Crippen molar-refractivity contribution in [3.8, 4) is 0 Å². The first kappa shape index (κ1) is 16.0. The van der Waals surface area contributed by atoms with Gasteiger partial charge in [0.15, 0.2) is 0 Å². The number of amides is 1. The predicted octanol–water partition coefficient (Wildman–Crippen LogP) is 1.52. The highest BCUT2D eigenvalue weighted by Crippen LogP contribution is 2.09. The summed E-state index contributed by atoms with van der Waals surface area (Å²) in [4.78, 5) is 23.4. The largest absolute Gasteiger partial charge is 0.467 e. The summed E-state index contributed by atoms with van der Waals surface area (Å²) >= 11 is 0. The molecule has 0 aliphatic heterocycles. The standard InChI is InChI=1S/C15H22N2O3/c1-10(2)14(15(19)20-3)17-13(18)9-6-11-4-7-12(16)8-5-11/h4-5,7-8,10,14H,6,9,16H2,1-3H3,(H,17,18). The van der Waals surface area contributed by atoms with Gasteiger partial charge in [-0.05, 0) is 30.0 Å².